The molecular formula is C24H22N4O. The first-order chi connectivity index (χ1) is 14.0. The van der Waals surface area contributed by atoms with Crippen molar-refractivity contribution in [2.24, 2.45) is 0 Å². The number of aromatic nitrogens is 2. The zero-order valence-electron chi connectivity index (χ0n) is 16.6. The van der Waals surface area contributed by atoms with Crippen LogP contribution in [0.2, 0.25) is 0 Å². The largest absolute Gasteiger partial charge is 0.342 e. The van der Waals surface area contributed by atoms with E-state index in [0.717, 1.165) is 28.3 Å². The number of H-pyrrole nitrogens is 1. The molecule has 0 aliphatic carbocycles. The molecule has 1 N–H and O–H groups in total. The Bertz CT molecular complexity index is 1130. The summed E-state index contributed by atoms with van der Waals surface area (Å²) in [5.74, 6) is 1.17. The van der Waals surface area contributed by atoms with E-state index in [-0.39, 0.29) is 5.91 Å². The number of amides is 1. The van der Waals surface area contributed by atoms with Crippen molar-refractivity contribution in [2.75, 3.05) is 13.1 Å². The first-order valence-electron chi connectivity index (χ1n) is 9.59. The molecule has 3 aromatic rings. The molecule has 5 nitrogen and oxygen atoms in total. The maximum absolute atomic E-state index is 13.0. The highest BCUT2D eigenvalue weighted by atomic mass is 16.2. The summed E-state index contributed by atoms with van der Waals surface area (Å²) in [6.45, 7) is 9.15. The third-order valence-electron chi connectivity index (χ3n) is 5.47. The third kappa shape index (κ3) is 3.45. The molecule has 29 heavy (non-hydrogen) atoms. The second-order valence-corrected chi connectivity index (χ2v) is 7.46. The number of nitrogens with one attached hydrogen (secondary N) is 1. The molecule has 2 heterocycles. The Hall–Kier alpha value is -3.65. The van der Waals surface area contributed by atoms with E-state index in [4.69, 9.17) is 5.26 Å². The van der Waals surface area contributed by atoms with Crippen molar-refractivity contribution in [1.29, 1.82) is 5.26 Å². The number of nitriles is 1. The van der Waals surface area contributed by atoms with E-state index in [2.05, 4.69) is 22.6 Å². The number of carbonyl (C=O) groups is 1. The lowest BCUT2D eigenvalue weighted by Gasteiger charge is -2.39. The molecule has 0 atom stereocenters. The smallest absolute Gasteiger partial charge is 0.253 e. The summed E-state index contributed by atoms with van der Waals surface area (Å²) in [7, 11) is 0. The summed E-state index contributed by atoms with van der Waals surface area (Å²) in [4.78, 5) is 22.6. The second kappa shape index (κ2) is 7.40. The molecule has 1 amide bonds. The van der Waals surface area contributed by atoms with Crippen molar-refractivity contribution in [3.8, 4) is 17.3 Å². The van der Waals surface area contributed by atoms with Crippen molar-refractivity contribution in [3.05, 3.63) is 82.8 Å². The molecule has 1 fully saturated rings. The van der Waals surface area contributed by atoms with Crippen LogP contribution in [0.3, 0.4) is 0 Å². The van der Waals surface area contributed by atoms with Crippen LogP contribution >= 0.6 is 0 Å². The topological polar surface area (TPSA) is 72.8 Å². The van der Waals surface area contributed by atoms with Crippen LogP contribution in [0.15, 0.2) is 49.0 Å². The van der Waals surface area contributed by atoms with Gasteiger partial charge in [0, 0.05) is 30.1 Å². The molecule has 1 aliphatic rings. The van der Waals surface area contributed by atoms with Crippen LogP contribution in [0.4, 0.5) is 0 Å². The fourth-order valence-electron chi connectivity index (χ4n) is 3.74. The number of imidazole rings is 1. The Kier molecular flexibility index (Phi) is 4.77. The van der Waals surface area contributed by atoms with E-state index < -0.39 is 0 Å². The number of nitrogens with zero attached hydrogens (tertiary/aromatic N) is 3. The van der Waals surface area contributed by atoms with Gasteiger partial charge in [0.25, 0.3) is 5.91 Å². The summed E-state index contributed by atoms with van der Waals surface area (Å²) in [5, 5.41) is 8.92. The van der Waals surface area contributed by atoms with Crippen LogP contribution in [0.1, 0.15) is 44.5 Å². The van der Waals surface area contributed by atoms with Gasteiger partial charge in [-0.25, -0.2) is 4.98 Å². The predicted molar refractivity (Wildman–Crippen MR) is 113 cm³/mol. The number of aromatic amines is 1. The van der Waals surface area contributed by atoms with Gasteiger partial charge in [-0.15, -0.1) is 0 Å². The minimum absolute atomic E-state index is 0.0311. The van der Waals surface area contributed by atoms with Gasteiger partial charge in [-0.3, -0.25) is 4.79 Å². The minimum atomic E-state index is 0.0311. The monoisotopic (exact) mass is 382 g/mol. The van der Waals surface area contributed by atoms with Gasteiger partial charge in [-0.05, 0) is 55.3 Å². The first kappa shape index (κ1) is 18.7. The van der Waals surface area contributed by atoms with Crippen molar-refractivity contribution in [2.45, 2.75) is 19.8 Å². The molecule has 2 aromatic carbocycles. The van der Waals surface area contributed by atoms with E-state index in [0.29, 0.717) is 30.1 Å². The average molecular weight is 382 g/mol. The Morgan fingerprint density at radius 2 is 1.97 bits per heavy atom. The molecule has 0 bridgehead atoms. The zero-order chi connectivity index (χ0) is 20.5. The third-order valence-corrected chi connectivity index (χ3v) is 5.47. The van der Waals surface area contributed by atoms with Gasteiger partial charge in [0.15, 0.2) is 0 Å². The molecule has 0 unspecified atom stereocenters. The van der Waals surface area contributed by atoms with Crippen LogP contribution in [-0.4, -0.2) is 33.9 Å². The standard InChI is InChI=1S/C24H22N4O/c1-4-22-23(27-16(3)26-22)21-11-19(8-5-15(21)2)24(29)28-13-20(14-28)18-9-6-17(12-25)7-10-18/h4-11,20H,1,13-14H2,2-3H3,(H,26,27). The number of benzene rings is 2. The Morgan fingerprint density at radius 3 is 2.62 bits per heavy atom. The molecule has 1 aliphatic heterocycles. The minimum Gasteiger partial charge on any atom is -0.342 e. The van der Waals surface area contributed by atoms with Gasteiger partial charge in [-0.2, -0.15) is 5.26 Å². The second-order valence-electron chi connectivity index (χ2n) is 7.46. The van der Waals surface area contributed by atoms with Gasteiger partial charge in [-0.1, -0.05) is 24.8 Å². The van der Waals surface area contributed by atoms with Gasteiger partial charge >= 0.3 is 0 Å². The van der Waals surface area contributed by atoms with Crippen LogP contribution in [0.25, 0.3) is 17.3 Å². The number of aryl methyl sites for hydroxylation is 2. The van der Waals surface area contributed by atoms with Crippen LogP contribution in [0, 0.1) is 25.2 Å². The van der Waals surface area contributed by atoms with Crippen LogP contribution in [0.5, 0.6) is 0 Å². The van der Waals surface area contributed by atoms with Crippen molar-refractivity contribution in [3.63, 3.8) is 0 Å². The highest BCUT2D eigenvalue weighted by Crippen LogP contribution is 2.31. The quantitative estimate of drug-likeness (QED) is 0.725. The molecule has 0 spiro atoms. The van der Waals surface area contributed by atoms with E-state index in [1.54, 1.807) is 6.08 Å². The zero-order valence-corrected chi connectivity index (χ0v) is 16.6. The van der Waals surface area contributed by atoms with Gasteiger partial charge in [0.1, 0.15) is 5.82 Å². The number of likely N-dealkylation sites (tertiary alicyclic amines) is 1. The summed E-state index contributed by atoms with van der Waals surface area (Å²) in [5.41, 5.74) is 6.18. The highest BCUT2D eigenvalue weighted by molar-refractivity contribution is 5.96. The van der Waals surface area contributed by atoms with E-state index in [9.17, 15) is 4.79 Å². The molecule has 4 rings (SSSR count). The van der Waals surface area contributed by atoms with E-state index in [1.165, 1.54) is 5.56 Å². The highest BCUT2D eigenvalue weighted by Gasteiger charge is 2.32. The first-order valence-corrected chi connectivity index (χ1v) is 9.59. The summed E-state index contributed by atoms with van der Waals surface area (Å²) >= 11 is 0. The normalized spacial score (nSPS) is 13.6. The maximum atomic E-state index is 13.0. The fraction of sp³-hybridized carbons (Fsp3) is 0.208. The molecule has 0 radical (unpaired) electrons. The van der Waals surface area contributed by atoms with Gasteiger partial charge in [0.05, 0.1) is 23.0 Å². The number of rotatable bonds is 4. The van der Waals surface area contributed by atoms with Crippen molar-refractivity contribution < 1.29 is 4.79 Å². The van der Waals surface area contributed by atoms with E-state index in [1.807, 2.05) is 61.2 Å². The van der Waals surface area contributed by atoms with Crippen LogP contribution < -0.4 is 0 Å². The molecular weight excluding hydrogens is 360 g/mol. The summed E-state index contributed by atoms with van der Waals surface area (Å²) < 4.78 is 0. The molecule has 144 valence electrons. The maximum Gasteiger partial charge on any atom is 0.253 e. The van der Waals surface area contributed by atoms with Crippen molar-refractivity contribution >= 4 is 12.0 Å². The number of hydrogen-bond donors (Lipinski definition) is 1. The summed E-state index contributed by atoms with van der Waals surface area (Å²) in [6, 6.07) is 15.5. The number of carbonyl (C=O) groups excluding carboxylic acids is 1. The van der Waals surface area contributed by atoms with Gasteiger partial charge < -0.3 is 9.88 Å². The average Bonchev–Trinajstić information content (AvgIpc) is 3.08. The summed E-state index contributed by atoms with van der Waals surface area (Å²) in [6.07, 6.45) is 1.75. The van der Waals surface area contributed by atoms with Crippen LogP contribution in [-0.2, 0) is 0 Å². The lowest BCUT2D eigenvalue weighted by atomic mass is 9.90. The lowest BCUT2D eigenvalue weighted by molar-refractivity contribution is 0.0602. The van der Waals surface area contributed by atoms with Gasteiger partial charge in [0.2, 0.25) is 0 Å². The lowest BCUT2D eigenvalue weighted by Crippen LogP contribution is -2.48. The molecule has 5 heteroatoms. The number of hydrogen-bond acceptors (Lipinski definition) is 3. The van der Waals surface area contributed by atoms with Crippen molar-refractivity contribution in [1.82, 2.24) is 14.9 Å². The Labute approximate surface area is 170 Å². The Morgan fingerprint density at radius 1 is 1.24 bits per heavy atom. The predicted octanol–water partition coefficient (Wildman–Crippen LogP) is 4.45. The molecule has 0 saturated carbocycles. The molecule has 1 aromatic heterocycles. The fourth-order valence-corrected chi connectivity index (χ4v) is 3.74. The molecule has 1 saturated heterocycles. The van der Waals surface area contributed by atoms with E-state index >= 15 is 0 Å². The Balaban J connectivity index is 1.53. The SMILES string of the molecule is C=Cc1[nH]c(C)nc1-c1cc(C(=O)N2CC(c3ccc(C#N)cc3)C2)ccc1C.